The predicted molar refractivity (Wildman–Crippen MR) is 113 cm³/mol. The Balaban J connectivity index is 1.49. The summed E-state index contributed by atoms with van der Waals surface area (Å²) in [4.78, 5) is 14.8. The summed E-state index contributed by atoms with van der Waals surface area (Å²) in [7, 11) is 1.57. The van der Waals surface area contributed by atoms with E-state index < -0.39 is 0 Å². The molecular formula is C24H26N2O3. The number of likely N-dealkylation sites (tertiary alicyclic amines) is 1. The van der Waals surface area contributed by atoms with Crippen molar-refractivity contribution >= 4 is 11.6 Å². The van der Waals surface area contributed by atoms with Crippen molar-refractivity contribution < 1.29 is 14.6 Å². The zero-order valence-corrected chi connectivity index (χ0v) is 16.6. The fourth-order valence-corrected chi connectivity index (χ4v) is 5.05. The predicted octanol–water partition coefficient (Wildman–Crippen LogP) is 4.46. The van der Waals surface area contributed by atoms with Crippen LogP contribution in [0.5, 0.6) is 11.5 Å². The van der Waals surface area contributed by atoms with Crippen LogP contribution in [0.15, 0.2) is 48.6 Å². The van der Waals surface area contributed by atoms with Crippen molar-refractivity contribution in [2.24, 2.45) is 5.92 Å². The topological polar surface area (TPSA) is 61.8 Å². The molecule has 29 heavy (non-hydrogen) atoms. The second kappa shape index (κ2) is 7.14. The second-order valence-corrected chi connectivity index (χ2v) is 8.21. The van der Waals surface area contributed by atoms with E-state index in [0.717, 1.165) is 49.2 Å². The molecule has 1 amide bonds. The average Bonchev–Trinajstić information content (AvgIpc) is 3.45. The molecule has 0 spiro atoms. The van der Waals surface area contributed by atoms with Crippen molar-refractivity contribution in [1.29, 1.82) is 0 Å². The van der Waals surface area contributed by atoms with E-state index in [1.165, 1.54) is 5.56 Å². The van der Waals surface area contributed by atoms with Gasteiger partial charge in [-0.05, 0) is 66.6 Å². The standard InChI is InChI=1S/C24H26N2O3/c1-29-22-14-15(8-10-21(22)27)23-18-6-4-5-17(18)19-13-16(7-9-20(19)25-23)24(28)26-11-2-3-12-26/h4-5,7-10,13-14,17-18,23,25,27H,2-3,6,11-12H2,1H3. The Labute approximate surface area is 171 Å². The molecule has 2 aromatic carbocycles. The fraction of sp³-hybridized carbons (Fsp3) is 0.375. The van der Waals surface area contributed by atoms with Gasteiger partial charge in [0.05, 0.1) is 13.2 Å². The van der Waals surface area contributed by atoms with Crippen LogP contribution in [0, 0.1) is 5.92 Å². The van der Waals surface area contributed by atoms with Crippen LogP contribution >= 0.6 is 0 Å². The van der Waals surface area contributed by atoms with Crippen molar-refractivity contribution in [1.82, 2.24) is 4.90 Å². The van der Waals surface area contributed by atoms with E-state index in [2.05, 4.69) is 23.5 Å². The van der Waals surface area contributed by atoms with Crippen LogP contribution < -0.4 is 10.1 Å². The summed E-state index contributed by atoms with van der Waals surface area (Å²) in [5.74, 6) is 1.44. The number of anilines is 1. The van der Waals surface area contributed by atoms with Crippen molar-refractivity contribution in [3.05, 3.63) is 65.2 Å². The SMILES string of the molecule is COc1cc(C2Nc3ccc(C(=O)N4CCCC4)cc3C3C=CCC32)ccc1O. The zero-order chi connectivity index (χ0) is 20.0. The van der Waals surface area contributed by atoms with Crippen LogP contribution in [0.3, 0.4) is 0 Å². The number of amides is 1. The lowest BCUT2D eigenvalue weighted by atomic mass is 9.76. The molecule has 5 nitrogen and oxygen atoms in total. The molecule has 3 aliphatic rings. The molecule has 3 unspecified atom stereocenters. The van der Waals surface area contributed by atoms with Gasteiger partial charge in [0.15, 0.2) is 11.5 Å². The van der Waals surface area contributed by atoms with E-state index in [0.29, 0.717) is 11.7 Å². The van der Waals surface area contributed by atoms with Crippen molar-refractivity contribution in [2.45, 2.75) is 31.2 Å². The monoisotopic (exact) mass is 390 g/mol. The molecule has 2 aliphatic heterocycles. The number of nitrogens with zero attached hydrogens (tertiary/aromatic N) is 1. The van der Waals surface area contributed by atoms with E-state index in [9.17, 15) is 9.90 Å². The first-order chi connectivity index (χ1) is 14.2. The lowest BCUT2D eigenvalue weighted by Gasteiger charge is -2.38. The lowest BCUT2D eigenvalue weighted by molar-refractivity contribution is 0.0792. The quantitative estimate of drug-likeness (QED) is 0.760. The van der Waals surface area contributed by atoms with Crippen molar-refractivity contribution in [3.8, 4) is 11.5 Å². The highest BCUT2D eigenvalue weighted by Gasteiger charge is 2.38. The molecule has 0 radical (unpaired) electrons. The highest BCUT2D eigenvalue weighted by Crippen LogP contribution is 2.50. The van der Waals surface area contributed by atoms with Gasteiger partial charge in [0.2, 0.25) is 0 Å². The van der Waals surface area contributed by atoms with Crippen LogP contribution in [0.2, 0.25) is 0 Å². The molecule has 5 rings (SSSR count). The number of aromatic hydroxyl groups is 1. The molecule has 2 aromatic rings. The summed E-state index contributed by atoms with van der Waals surface area (Å²) >= 11 is 0. The highest BCUT2D eigenvalue weighted by molar-refractivity contribution is 5.95. The minimum absolute atomic E-state index is 0.122. The molecule has 1 aliphatic carbocycles. The van der Waals surface area contributed by atoms with Crippen LogP contribution in [0.4, 0.5) is 5.69 Å². The summed E-state index contributed by atoms with van der Waals surface area (Å²) in [6, 6.07) is 11.8. The number of benzene rings is 2. The van der Waals surface area contributed by atoms with Crippen LogP contribution in [-0.4, -0.2) is 36.1 Å². The van der Waals surface area contributed by atoms with Gasteiger partial charge in [0, 0.05) is 30.3 Å². The largest absolute Gasteiger partial charge is 0.504 e. The number of fused-ring (bicyclic) bond motifs is 3. The molecule has 0 bridgehead atoms. The summed E-state index contributed by atoms with van der Waals surface area (Å²) in [5, 5.41) is 13.6. The van der Waals surface area contributed by atoms with Gasteiger partial charge in [0.1, 0.15) is 0 Å². The minimum atomic E-state index is 0.122. The van der Waals surface area contributed by atoms with Gasteiger partial charge < -0.3 is 20.1 Å². The van der Waals surface area contributed by atoms with Crippen LogP contribution in [0.1, 0.15) is 52.7 Å². The molecule has 1 saturated heterocycles. The van der Waals surface area contributed by atoms with Crippen LogP contribution in [-0.2, 0) is 0 Å². The Morgan fingerprint density at radius 3 is 2.79 bits per heavy atom. The number of phenols is 1. The van der Waals surface area contributed by atoms with Gasteiger partial charge >= 0.3 is 0 Å². The molecular weight excluding hydrogens is 364 g/mol. The first-order valence-corrected chi connectivity index (χ1v) is 10.4. The second-order valence-electron chi connectivity index (χ2n) is 8.21. The Kier molecular flexibility index (Phi) is 4.46. The number of phenolic OH excluding ortho intramolecular Hbond substituents is 1. The number of carbonyl (C=O) groups is 1. The number of allylic oxidation sites excluding steroid dienone is 2. The maximum absolute atomic E-state index is 12.9. The molecule has 150 valence electrons. The maximum Gasteiger partial charge on any atom is 0.253 e. The Bertz CT molecular complexity index is 978. The van der Waals surface area contributed by atoms with Crippen molar-refractivity contribution in [3.63, 3.8) is 0 Å². The van der Waals surface area contributed by atoms with E-state index in [-0.39, 0.29) is 23.6 Å². The zero-order valence-electron chi connectivity index (χ0n) is 16.6. The third-order valence-electron chi connectivity index (χ3n) is 6.57. The number of rotatable bonds is 3. The smallest absolute Gasteiger partial charge is 0.253 e. The van der Waals surface area contributed by atoms with Gasteiger partial charge in [-0.2, -0.15) is 0 Å². The van der Waals surface area contributed by atoms with Gasteiger partial charge in [-0.1, -0.05) is 18.2 Å². The molecule has 2 N–H and O–H groups in total. The third-order valence-corrected chi connectivity index (χ3v) is 6.57. The van der Waals surface area contributed by atoms with Gasteiger partial charge in [-0.25, -0.2) is 0 Å². The summed E-state index contributed by atoms with van der Waals surface area (Å²) < 4.78 is 5.31. The summed E-state index contributed by atoms with van der Waals surface area (Å²) in [5.41, 5.74) is 4.17. The van der Waals surface area contributed by atoms with E-state index in [1.54, 1.807) is 13.2 Å². The normalized spacial score (nSPS) is 24.7. The Hall–Kier alpha value is -2.95. The number of hydrogen-bond acceptors (Lipinski definition) is 4. The van der Waals surface area contributed by atoms with Gasteiger partial charge in [0.25, 0.3) is 5.91 Å². The number of hydrogen-bond donors (Lipinski definition) is 2. The average molecular weight is 390 g/mol. The van der Waals surface area contributed by atoms with E-state index in [4.69, 9.17) is 4.74 Å². The number of nitrogens with one attached hydrogen (secondary N) is 1. The number of methoxy groups -OCH3 is 1. The molecule has 1 fully saturated rings. The van der Waals surface area contributed by atoms with E-state index >= 15 is 0 Å². The van der Waals surface area contributed by atoms with Crippen molar-refractivity contribution in [2.75, 3.05) is 25.5 Å². The maximum atomic E-state index is 12.9. The van der Waals surface area contributed by atoms with Crippen LogP contribution in [0.25, 0.3) is 0 Å². The molecule has 0 saturated carbocycles. The van der Waals surface area contributed by atoms with E-state index in [1.807, 2.05) is 29.2 Å². The van der Waals surface area contributed by atoms with Gasteiger partial charge in [-0.15, -0.1) is 0 Å². The summed E-state index contributed by atoms with van der Waals surface area (Å²) in [6.07, 6.45) is 7.70. The first kappa shape index (κ1) is 18.1. The minimum Gasteiger partial charge on any atom is -0.504 e. The number of ether oxygens (including phenoxy) is 1. The Morgan fingerprint density at radius 1 is 1.17 bits per heavy atom. The molecule has 2 heterocycles. The third kappa shape index (κ3) is 3.05. The lowest BCUT2D eigenvalue weighted by Crippen LogP contribution is -2.30. The highest BCUT2D eigenvalue weighted by atomic mass is 16.5. The number of carbonyl (C=O) groups excluding carboxylic acids is 1. The molecule has 5 heteroatoms. The fourth-order valence-electron chi connectivity index (χ4n) is 5.05. The van der Waals surface area contributed by atoms with Gasteiger partial charge in [-0.3, -0.25) is 4.79 Å². The molecule has 3 atom stereocenters. The Morgan fingerprint density at radius 2 is 2.00 bits per heavy atom. The summed E-state index contributed by atoms with van der Waals surface area (Å²) in [6.45, 7) is 1.73. The first-order valence-electron chi connectivity index (χ1n) is 10.4. The molecule has 0 aromatic heterocycles.